The van der Waals surface area contributed by atoms with Crippen molar-refractivity contribution in [1.29, 1.82) is 0 Å². The highest BCUT2D eigenvalue weighted by molar-refractivity contribution is 6.07. The Morgan fingerprint density at radius 3 is 2.55 bits per heavy atom. The number of benzene rings is 2. The van der Waals surface area contributed by atoms with E-state index in [1.165, 1.54) is 0 Å². The summed E-state index contributed by atoms with van der Waals surface area (Å²) in [4.78, 5) is 25.4. The van der Waals surface area contributed by atoms with Crippen molar-refractivity contribution < 1.29 is 14.3 Å². The zero-order valence-electron chi connectivity index (χ0n) is 16.5. The Bertz CT molecular complexity index is 1070. The minimum atomic E-state index is -0.308. The van der Waals surface area contributed by atoms with Crippen molar-refractivity contribution in [3.8, 4) is 5.75 Å². The highest BCUT2D eigenvalue weighted by atomic mass is 16.5. The maximum atomic E-state index is 12.9. The highest BCUT2D eigenvalue weighted by Crippen LogP contribution is 2.44. The van der Waals surface area contributed by atoms with Gasteiger partial charge in [0, 0.05) is 37.3 Å². The van der Waals surface area contributed by atoms with E-state index in [1.807, 2.05) is 43.3 Å². The van der Waals surface area contributed by atoms with E-state index in [0.717, 1.165) is 11.1 Å². The Morgan fingerprint density at radius 1 is 1.14 bits per heavy atom. The summed E-state index contributed by atoms with van der Waals surface area (Å²) in [5, 5.41) is 9.52. The van der Waals surface area contributed by atoms with Gasteiger partial charge in [-0.1, -0.05) is 30.3 Å². The molecule has 0 aliphatic carbocycles. The topological polar surface area (TPSA) is 85.3 Å². The van der Waals surface area contributed by atoms with E-state index in [2.05, 4.69) is 15.7 Å². The lowest BCUT2D eigenvalue weighted by atomic mass is 9.87. The first kappa shape index (κ1) is 18.7. The molecule has 0 spiro atoms. The van der Waals surface area contributed by atoms with Crippen LogP contribution in [0, 0.1) is 0 Å². The second-order valence-electron chi connectivity index (χ2n) is 7.09. The quantitative estimate of drug-likeness (QED) is 0.717. The maximum absolute atomic E-state index is 12.9. The molecule has 4 rings (SSSR count). The summed E-state index contributed by atoms with van der Waals surface area (Å²) in [6.45, 7) is 1.97. The number of aryl methyl sites for hydroxylation is 1. The largest absolute Gasteiger partial charge is 0.489 e. The summed E-state index contributed by atoms with van der Waals surface area (Å²) in [7, 11) is 3.34. The molecule has 0 unspecified atom stereocenters. The summed E-state index contributed by atoms with van der Waals surface area (Å²) in [5.41, 5.74) is 3.24. The number of ether oxygens (including phenoxy) is 1. The number of nitrogens with zero attached hydrogens (tertiary/aromatic N) is 2. The summed E-state index contributed by atoms with van der Waals surface area (Å²) >= 11 is 0. The molecule has 29 heavy (non-hydrogen) atoms. The molecule has 3 aromatic rings. The van der Waals surface area contributed by atoms with Gasteiger partial charge in [0.05, 0.1) is 17.4 Å². The molecule has 2 aromatic carbocycles. The van der Waals surface area contributed by atoms with Crippen LogP contribution in [-0.2, 0) is 7.05 Å². The standard InChI is InChI=1S/C22H22N4O3/c1-13-19(14-7-5-4-6-8-14)17-9-15(10-18(20(17)29-13)22(28)23-2)21(27)25-16-11-24-26(3)12-16/h4-13,19H,1-3H3,(H,23,28)(H,25,27)/t13-,19+/m1/s1. The fourth-order valence-electron chi connectivity index (χ4n) is 3.76. The van der Waals surface area contributed by atoms with Crippen molar-refractivity contribution in [3.05, 3.63) is 77.1 Å². The molecular formula is C22H22N4O3. The molecule has 0 saturated heterocycles. The van der Waals surface area contributed by atoms with Crippen LogP contribution in [0.5, 0.6) is 5.75 Å². The van der Waals surface area contributed by atoms with Crippen LogP contribution in [-0.4, -0.2) is 34.7 Å². The summed E-state index contributed by atoms with van der Waals surface area (Å²) in [6.07, 6.45) is 3.12. The van der Waals surface area contributed by atoms with Gasteiger partial charge in [0.2, 0.25) is 0 Å². The van der Waals surface area contributed by atoms with Crippen LogP contribution in [0.25, 0.3) is 0 Å². The predicted octanol–water partition coefficient (Wildman–Crippen LogP) is 2.94. The molecule has 2 atom stereocenters. The zero-order chi connectivity index (χ0) is 20.5. The molecule has 7 heteroatoms. The van der Waals surface area contributed by atoms with Crippen molar-refractivity contribution >= 4 is 17.5 Å². The van der Waals surface area contributed by atoms with Gasteiger partial charge in [0.1, 0.15) is 11.9 Å². The molecule has 0 radical (unpaired) electrons. The molecule has 1 aromatic heterocycles. The van der Waals surface area contributed by atoms with Crippen LogP contribution >= 0.6 is 0 Å². The number of rotatable bonds is 4. The minimum Gasteiger partial charge on any atom is -0.489 e. The molecule has 7 nitrogen and oxygen atoms in total. The third-order valence-electron chi connectivity index (χ3n) is 5.08. The normalized spacial score (nSPS) is 17.3. The molecular weight excluding hydrogens is 368 g/mol. The zero-order valence-corrected chi connectivity index (χ0v) is 16.5. The van der Waals surface area contributed by atoms with Gasteiger partial charge in [-0.05, 0) is 24.6 Å². The molecule has 0 bridgehead atoms. The Labute approximate surface area is 168 Å². The fraction of sp³-hybridized carbons (Fsp3) is 0.227. The molecule has 1 aliphatic rings. The fourth-order valence-corrected chi connectivity index (χ4v) is 3.76. The van der Waals surface area contributed by atoms with E-state index < -0.39 is 0 Å². The Hall–Kier alpha value is -3.61. The van der Waals surface area contributed by atoms with Crippen molar-refractivity contribution in [1.82, 2.24) is 15.1 Å². The van der Waals surface area contributed by atoms with Gasteiger partial charge in [-0.15, -0.1) is 0 Å². The molecule has 2 amide bonds. The number of anilines is 1. The maximum Gasteiger partial charge on any atom is 0.255 e. The molecule has 0 saturated carbocycles. The average Bonchev–Trinajstić information content (AvgIpc) is 3.28. The van der Waals surface area contributed by atoms with Gasteiger partial charge in [-0.3, -0.25) is 14.3 Å². The molecule has 0 fully saturated rings. The van der Waals surface area contributed by atoms with Crippen molar-refractivity contribution in [2.24, 2.45) is 7.05 Å². The van der Waals surface area contributed by atoms with Gasteiger partial charge in [0.15, 0.2) is 0 Å². The van der Waals surface area contributed by atoms with Crippen molar-refractivity contribution in [2.75, 3.05) is 12.4 Å². The van der Waals surface area contributed by atoms with Crippen molar-refractivity contribution in [2.45, 2.75) is 18.9 Å². The summed E-state index contributed by atoms with van der Waals surface area (Å²) in [6, 6.07) is 13.3. The number of carbonyl (C=O) groups excluding carboxylic acids is 2. The lowest BCUT2D eigenvalue weighted by molar-refractivity contribution is 0.0958. The first-order chi connectivity index (χ1) is 14.0. The first-order valence-corrected chi connectivity index (χ1v) is 9.39. The number of hydrogen-bond donors (Lipinski definition) is 2. The molecule has 1 aliphatic heterocycles. The van der Waals surface area contributed by atoms with E-state index in [-0.39, 0.29) is 23.8 Å². The van der Waals surface area contributed by atoms with Crippen LogP contribution in [0.1, 0.15) is 44.7 Å². The SMILES string of the molecule is CNC(=O)c1cc(C(=O)Nc2cnn(C)c2)cc2c1O[C@H](C)[C@H]2c1ccccc1. The van der Waals surface area contributed by atoms with E-state index in [4.69, 9.17) is 4.74 Å². The molecule has 2 N–H and O–H groups in total. The Morgan fingerprint density at radius 2 is 1.90 bits per heavy atom. The lowest BCUT2D eigenvalue weighted by Gasteiger charge is -2.15. The van der Waals surface area contributed by atoms with E-state index in [1.54, 1.807) is 37.2 Å². The van der Waals surface area contributed by atoms with Crippen molar-refractivity contribution in [3.63, 3.8) is 0 Å². The summed E-state index contributed by atoms with van der Waals surface area (Å²) in [5.74, 6) is -0.139. The third-order valence-corrected chi connectivity index (χ3v) is 5.08. The van der Waals surface area contributed by atoms with E-state index >= 15 is 0 Å². The van der Waals surface area contributed by atoms with Crippen LogP contribution < -0.4 is 15.4 Å². The van der Waals surface area contributed by atoms with Gasteiger partial charge >= 0.3 is 0 Å². The summed E-state index contributed by atoms with van der Waals surface area (Å²) < 4.78 is 7.68. The molecule has 2 heterocycles. The monoisotopic (exact) mass is 390 g/mol. The Balaban J connectivity index is 1.79. The van der Waals surface area contributed by atoms with Gasteiger partial charge < -0.3 is 15.4 Å². The van der Waals surface area contributed by atoms with Crippen LogP contribution in [0.15, 0.2) is 54.9 Å². The minimum absolute atomic E-state index is 0.0688. The predicted molar refractivity (Wildman–Crippen MR) is 109 cm³/mol. The number of fused-ring (bicyclic) bond motifs is 1. The van der Waals surface area contributed by atoms with Gasteiger partial charge in [-0.2, -0.15) is 5.10 Å². The van der Waals surface area contributed by atoms with Crippen LogP contribution in [0.2, 0.25) is 0 Å². The number of amides is 2. The Kier molecular flexibility index (Phi) is 4.80. The van der Waals surface area contributed by atoms with Gasteiger partial charge in [0.25, 0.3) is 11.8 Å². The second kappa shape index (κ2) is 7.43. The van der Waals surface area contributed by atoms with Crippen LogP contribution in [0.3, 0.4) is 0 Å². The van der Waals surface area contributed by atoms with E-state index in [9.17, 15) is 9.59 Å². The third kappa shape index (κ3) is 3.47. The van der Waals surface area contributed by atoms with E-state index in [0.29, 0.717) is 22.6 Å². The number of hydrogen-bond acceptors (Lipinski definition) is 4. The molecule has 148 valence electrons. The number of carbonyl (C=O) groups is 2. The highest BCUT2D eigenvalue weighted by Gasteiger charge is 2.36. The second-order valence-corrected chi connectivity index (χ2v) is 7.09. The lowest BCUT2D eigenvalue weighted by Crippen LogP contribution is -2.20. The van der Waals surface area contributed by atoms with Gasteiger partial charge in [-0.25, -0.2) is 0 Å². The first-order valence-electron chi connectivity index (χ1n) is 9.39. The average molecular weight is 390 g/mol. The number of nitrogens with one attached hydrogen (secondary N) is 2. The number of aromatic nitrogens is 2. The smallest absolute Gasteiger partial charge is 0.255 e. The van der Waals surface area contributed by atoms with Crippen LogP contribution in [0.4, 0.5) is 5.69 Å².